The topological polar surface area (TPSA) is 78.9 Å². The second-order valence-electron chi connectivity index (χ2n) is 18.8. The molecule has 72 heavy (non-hydrogen) atoms. The van der Waals surface area contributed by atoms with Crippen molar-refractivity contribution in [1.29, 1.82) is 0 Å². The molecule has 0 aliphatic carbocycles. The molecule has 0 aromatic carbocycles. The van der Waals surface area contributed by atoms with Crippen molar-refractivity contribution in [2.45, 2.75) is 252 Å². The van der Waals surface area contributed by atoms with Gasteiger partial charge in [-0.25, -0.2) is 0 Å². The molecule has 0 aromatic heterocycles. The van der Waals surface area contributed by atoms with E-state index in [1.165, 1.54) is 57.8 Å². The lowest BCUT2D eigenvalue weighted by atomic mass is 10.1. The molecule has 1 atom stereocenters. The van der Waals surface area contributed by atoms with Gasteiger partial charge in [-0.2, -0.15) is 0 Å². The van der Waals surface area contributed by atoms with Gasteiger partial charge in [-0.3, -0.25) is 14.4 Å². The number of hydrogen-bond acceptors (Lipinski definition) is 6. The quantitative estimate of drug-likeness (QED) is 0.0261. The van der Waals surface area contributed by atoms with Crippen LogP contribution < -0.4 is 0 Å². The van der Waals surface area contributed by atoms with Gasteiger partial charge in [0.15, 0.2) is 6.10 Å². The van der Waals surface area contributed by atoms with Crippen molar-refractivity contribution in [3.63, 3.8) is 0 Å². The first-order valence-corrected chi connectivity index (χ1v) is 29.2. The Hall–Kier alpha value is -4.45. The molecule has 6 heteroatoms. The van der Waals surface area contributed by atoms with Crippen LogP contribution in [0, 0.1) is 0 Å². The zero-order valence-electron chi connectivity index (χ0n) is 46.4. The summed E-state index contributed by atoms with van der Waals surface area (Å²) in [5.74, 6) is -0.978. The van der Waals surface area contributed by atoms with E-state index in [0.29, 0.717) is 25.7 Å². The minimum absolute atomic E-state index is 0.106. The van der Waals surface area contributed by atoms with E-state index in [0.717, 1.165) is 141 Å². The summed E-state index contributed by atoms with van der Waals surface area (Å²) in [4.78, 5) is 38.1. The van der Waals surface area contributed by atoms with E-state index in [-0.39, 0.29) is 31.1 Å². The molecular formula is C66H106O6. The lowest BCUT2D eigenvalue weighted by Crippen LogP contribution is -2.30. The molecule has 0 radical (unpaired) electrons. The summed E-state index contributed by atoms with van der Waals surface area (Å²) >= 11 is 0. The normalized spacial score (nSPS) is 13.1. The number of rotatable bonds is 51. The van der Waals surface area contributed by atoms with Crippen LogP contribution in [0.2, 0.25) is 0 Å². The van der Waals surface area contributed by atoms with Crippen LogP contribution in [0.1, 0.15) is 245 Å². The monoisotopic (exact) mass is 995 g/mol. The molecule has 0 bridgehead atoms. The fourth-order valence-corrected chi connectivity index (χ4v) is 7.47. The fourth-order valence-electron chi connectivity index (χ4n) is 7.47. The van der Waals surface area contributed by atoms with Gasteiger partial charge in [-0.05, 0) is 135 Å². The van der Waals surface area contributed by atoms with E-state index in [1.807, 2.05) is 0 Å². The Morgan fingerprint density at radius 1 is 0.292 bits per heavy atom. The Morgan fingerprint density at radius 3 is 0.931 bits per heavy atom. The zero-order valence-corrected chi connectivity index (χ0v) is 46.4. The third-order valence-electron chi connectivity index (χ3n) is 11.9. The molecule has 406 valence electrons. The minimum atomic E-state index is -0.811. The lowest BCUT2D eigenvalue weighted by molar-refractivity contribution is -0.167. The summed E-state index contributed by atoms with van der Waals surface area (Å²) in [6, 6.07) is 0. The number of allylic oxidation sites excluding steroid dienone is 22. The number of hydrogen-bond donors (Lipinski definition) is 0. The first kappa shape index (κ1) is 67.5. The maximum absolute atomic E-state index is 12.8. The van der Waals surface area contributed by atoms with Crippen molar-refractivity contribution in [2.24, 2.45) is 0 Å². The average Bonchev–Trinajstić information content (AvgIpc) is 3.38. The number of esters is 3. The summed E-state index contributed by atoms with van der Waals surface area (Å²) in [5.41, 5.74) is 0. The molecule has 0 saturated carbocycles. The Morgan fingerprint density at radius 2 is 0.556 bits per heavy atom. The highest BCUT2D eigenvalue weighted by Gasteiger charge is 2.19. The summed E-state index contributed by atoms with van der Waals surface area (Å²) in [6.07, 6.45) is 83.0. The van der Waals surface area contributed by atoms with Crippen LogP contribution in [0.15, 0.2) is 134 Å². The van der Waals surface area contributed by atoms with Crippen LogP contribution in [0.5, 0.6) is 0 Å². The van der Waals surface area contributed by atoms with Crippen molar-refractivity contribution in [3.05, 3.63) is 134 Å². The molecule has 0 aliphatic heterocycles. The van der Waals surface area contributed by atoms with Crippen LogP contribution in [0.3, 0.4) is 0 Å². The highest BCUT2D eigenvalue weighted by atomic mass is 16.6. The molecule has 0 aromatic rings. The van der Waals surface area contributed by atoms with Gasteiger partial charge in [0.2, 0.25) is 0 Å². The minimum Gasteiger partial charge on any atom is -0.462 e. The Bertz CT molecular complexity index is 1560. The van der Waals surface area contributed by atoms with Crippen LogP contribution in [0.4, 0.5) is 0 Å². The highest BCUT2D eigenvalue weighted by Crippen LogP contribution is 2.13. The number of ether oxygens (including phenoxy) is 3. The molecule has 0 heterocycles. The SMILES string of the molecule is CC/C=C\C/C=C\C/C=C\C/C=C\C/C=C\C/C=C\C/C=C\C/C=C\CCCCC(=O)OCC(COC(=O)CCCCCCC/C=C\CCCCCC)OC(=O)CCCCCCC/C=C\C/C=C\CCCC. The van der Waals surface area contributed by atoms with Crippen LogP contribution >= 0.6 is 0 Å². The lowest BCUT2D eigenvalue weighted by Gasteiger charge is -2.18. The van der Waals surface area contributed by atoms with Crippen molar-refractivity contribution < 1.29 is 28.6 Å². The molecule has 0 spiro atoms. The van der Waals surface area contributed by atoms with Gasteiger partial charge in [-0.15, -0.1) is 0 Å². The maximum atomic E-state index is 12.8. The van der Waals surface area contributed by atoms with Crippen LogP contribution in [0.25, 0.3) is 0 Å². The van der Waals surface area contributed by atoms with E-state index in [1.54, 1.807) is 0 Å². The molecule has 1 unspecified atom stereocenters. The maximum Gasteiger partial charge on any atom is 0.306 e. The summed E-state index contributed by atoms with van der Waals surface area (Å²) < 4.78 is 16.8. The summed E-state index contributed by atoms with van der Waals surface area (Å²) in [7, 11) is 0. The second-order valence-corrected chi connectivity index (χ2v) is 18.8. The second kappa shape index (κ2) is 59.1. The average molecular weight is 996 g/mol. The molecule has 0 fully saturated rings. The van der Waals surface area contributed by atoms with Crippen molar-refractivity contribution in [3.8, 4) is 0 Å². The third kappa shape index (κ3) is 56.5. The van der Waals surface area contributed by atoms with Gasteiger partial charge < -0.3 is 14.2 Å². The number of unbranched alkanes of at least 4 members (excludes halogenated alkanes) is 18. The fraction of sp³-hybridized carbons (Fsp3) is 0.621. The predicted molar refractivity (Wildman–Crippen MR) is 311 cm³/mol. The van der Waals surface area contributed by atoms with Crippen molar-refractivity contribution >= 4 is 17.9 Å². The highest BCUT2D eigenvalue weighted by molar-refractivity contribution is 5.71. The first-order chi connectivity index (χ1) is 35.5. The number of carbonyl (C=O) groups excluding carboxylic acids is 3. The molecular weight excluding hydrogens is 889 g/mol. The zero-order chi connectivity index (χ0) is 52.2. The van der Waals surface area contributed by atoms with Crippen molar-refractivity contribution in [1.82, 2.24) is 0 Å². The van der Waals surface area contributed by atoms with Gasteiger partial charge in [-0.1, -0.05) is 225 Å². The van der Waals surface area contributed by atoms with E-state index in [4.69, 9.17) is 14.2 Å². The standard InChI is InChI=1S/C66H106O6/c1-4-7-10-13-16-19-22-25-27-28-29-30-31-32-33-34-35-36-37-38-39-42-44-47-50-53-56-59-65(68)71-62-63(61-70-64(67)58-55-52-49-46-43-40-24-21-18-15-12-9-6-3)72-66(69)60-57-54-51-48-45-41-26-23-20-17-14-11-8-5-2/h7,10,14,16-17,19,21,23-27,29-30,32-33,35-36,38-39,44,47,63H,4-6,8-9,11-13,15,18,20,22,28,31,34,37,40-43,45-46,48-62H2,1-3H3/b10-7-,17-14-,19-16-,24-21-,26-23-,27-25-,30-29-,33-32-,36-35-,39-38-,47-44-. The van der Waals surface area contributed by atoms with Crippen molar-refractivity contribution in [2.75, 3.05) is 13.2 Å². The van der Waals surface area contributed by atoms with Gasteiger partial charge in [0.25, 0.3) is 0 Å². The van der Waals surface area contributed by atoms with E-state index >= 15 is 0 Å². The first-order valence-electron chi connectivity index (χ1n) is 29.2. The smallest absolute Gasteiger partial charge is 0.306 e. The van der Waals surface area contributed by atoms with E-state index < -0.39 is 6.10 Å². The van der Waals surface area contributed by atoms with E-state index in [2.05, 4.69) is 154 Å². The number of carbonyl (C=O) groups is 3. The van der Waals surface area contributed by atoms with Gasteiger partial charge in [0.05, 0.1) is 0 Å². The molecule has 6 nitrogen and oxygen atoms in total. The van der Waals surface area contributed by atoms with Crippen LogP contribution in [-0.4, -0.2) is 37.2 Å². The van der Waals surface area contributed by atoms with Gasteiger partial charge in [0, 0.05) is 19.3 Å². The molecule has 0 N–H and O–H groups in total. The van der Waals surface area contributed by atoms with Crippen LogP contribution in [-0.2, 0) is 28.6 Å². The summed E-state index contributed by atoms with van der Waals surface area (Å²) in [6.45, 7) is 6.40. The molecule has 0 rings (SSSR count). The molecule has 0 amide bonds. The Kier molecular flexibility index (Phi) is 55.5. The Balaban J connectivity index is 4.45. The largest absolute Gasteiger partial charge is 0.462 e. The molecule has 0 saturated heterocycles. The predicted octanol–water partition coefficient (Wildman–Crippen LogP) is 19.8. The van der Waals surface area contributed by atoms with E-state index in [9.17, 15) is 14.4 Å². The summed E-state index contributed by atoms with van der Waals surface area (Å²) in [5, 5.41) is 0. The van der Waals surface area contributed by atoms with Gasteiger partial charge >= 0.3 is 17.9 Å². The molecule has 0 aliphatic rings. The third-order valence-corrected chi connectivity index (χ3v) is 11.9. The van der Waals surface area contributed by atoms with Gasteiger partial charge in [0.1, 0.15) is 13.2 Å². The Labute approximate surface area is 443 Å².